The third kappa shape index (κ3) is 5.67. The Bertz CT molecular complexity index is 2410. The molecule has 7 aromatic rings. The maximum absolute atomic E-state index is 3.44. The Kier molecular flexibility index (Phi) is 7.30. The van der Waals surface area contributed by atoms with Gasteiger partial charge in [-0.25, -0.2) is 0 Å². The number of fused-ring (bicyclic) bond motifs is 3. The largest absolute Gasteiger partial charge is 0.387 e. The maximum atomic E-state index is 3.44. The van der Waals surface area contributed by atoms with E-state index in [1.54, 1.807) is 0 Å². The number of benzene rings is 6. The molecule has 0 saturated carbocycles. The second kappa shape index (κ2) is 12.4. The van der Waals surface area contributed by atoms with E-state index in [1.165, 1.54) is 60.8 Å². The summed E-state index contributed by atoms with van der Waals surface area (Å²) in [7, 11) is 0. The third-order valence-electron chi connectivity index (χ3n) is 9.83. The molecule has 0 radical (unpaired) electrons. The van der Waals surface area contributed by atoms with Crippen molar-refractivity contribution in [3.8, 4) is 22.3 Å². The second-order valence-corrected chi connectivity index (χ2v) is 12.9. The fourth-order valence-corrected chi connectivity index (χ4v) is 7.13. The predicted octanol–water partition coefficient (Wildman–Crippen LogP) is 11.8. The Morgan fingerprint density at radius 1 is 0.571 bits per heavy atom. The van der Waals surface area contributed by atoms with Crippen LogP contribution in [0.2, 0.25) is 0 Å². The summed E-state index contributed by atoms with van der Waals surface area (Å²) in [5, 5.41) is 8.16. The van der Waals surface area contributed by atoms with Crippen molar-refractivity contribution in [3.05, 3.63) is 198 Å². The minimum atomic E-state index is 0.262. The standard InChI is InChI=1S/C47H34N2/c1-3-7-39-29-41(12-9-33(39)5-1)35-15-21-45(22-16-35)49(46-23-17-36(18-24-46)42-13-10-34-6-2-4-8-40(34)30-42)47-25-19-37(20-26-47)43-14-11-38-27-28-48-32-44(38)31-43/h1-9,11-12,14-17,19-31,36,48H,18,32H2/t36-/m1/s1. The summed E-state index contributed by atoms with van der Waals surface area (Å²) >= 11 is 0. The minimum absolute atomic E-state index is 0.262. The van der Waals surface area contributed by atoms with Crippen molar-refractivity contribution in [2.24, 2.45) is 0 Å². The smallest absolute Gasteiger partial charge is 0.0461 e. The molecular formula is C47H34N2. The molecule has 1 aliphatic heterocycles. The van der Waals surface area contributed by atoms with E-state index in [4.69, 9.17) is 0 Å². The molecule has 0 saturated heterocycles. The summed E-state index contributed by atoms with van der Waals surface area (Å²) in [6, 6.07) is 57.4. The normalized spacial score (nSPS) is 14.9. The van der Waals surface area contributed by atoms with Crippen molar-refractivity contribution < 1.29 is 0 Å². The predicted molar refractivity (Wildman–Crippen MR) is 205 cm³/mol. The van der Waals surface area contributed by atoms with Gasteiger partial charge in [-0.15, -0.1) is 0 Å². The topological polar surface area (TPSA) is 15.3 Å². The first kappa shape index (κ1) is 28.9. The Balaban J connectivity index is 1.05. The van der Waals surface area contributed by atoms with Crippen molar-refractivity contribution in [3.63, 3.8) is 0 Å². The molecule has 7 aromatic carbocycles. The molecule has 0 bridgehead atoms. The quantitative estimate of drug-likeness (QED) is 0.198. The van der Waals surface area contributed by atoms with Gasteiger partial charge in [0.15, 0.2) is 0 Å². The van der Waals surface area contributed by atoms with Crippen LogP contribution in [0, 0.1) is 12.1 Å². The van der Waals surface area contributed by atoms with Crippen LogP contribution in [-0.4, -0.2) is 0 Å². The zero-order chi connectivity index (χ0) is 32.6. The Hall–Kier alpha value is -6.30. The monoisotopic (exact) mass is 626 g/mol. The zero-order valence-corrected chi connectivity index (χ0v) is 27.1. The van der Waals surface area contributed by atoms with E-state index in [1.807, 2.05) is 6.20 Å². The first-order valence-corrected chi connectivity index (χ1v) is 17.0. The van der Waals surface area contributed by atoms with E-state index in [2.05, 4.69) is 186 Å². The maximum Gasteiger partial charge on any atom is 0.0461 e. The number of nitrogens with one attached hydrogen (secondary N) is 1. The Morgan fingerprint density at radius 2 is 1.24 bits per heavy atom. The fourth-order valence-electron chi connectivity index (χ4n) is 7.13. The van der Waals surface area contributed by atoms with Crippen LogP contribution in [0.3, 0.4) is 0 Å². The molecule has 49 heavy (non-hydrogen) atoms. The first-order valence-electron chi connectivity index (χ1n) is 17.0. The summed E-state index contributed by atoms with van der Waals surface area (Å²) in [5.41, 5.74) is 12.1. The molecule has 2 nitrogen and oxygen atoms in total. The van der Waals surface area contributed by atoms with E-state index in [0.717, 1.165) is 29.7 Å². The van der Waals surface area contributed by atoms with Gasteiger partial charge in [-0.3, -0.25) is 0 Å². The lowest BCUT2D eigenvalue weighted by Gasteiger charge is -2.29. The van der Waals surface area contributed by atoms with Crippen LogP contribution in [-0.2, 0) is 6.54 Å². The SMILES string of the molecule is c1c([C@@H]2C=CC(N(c3ccc(-c4ccc5c(c4)CNC=C5)cc3)c3ccc(-c4ccc5ccccc5c4)cc3)=CC2)cc2ccccc2c#1. The summed E-state index contributed by atoms with van der Waals surface area (Å²) in [6.45, 7) is 0.858. The number of rotatable bonds is 6. The van der Waals surface area contributed by atoms with Gasteiger partial charge >= 0.3 is 0 Å². The molecule has 0 unspecified atom stereocenters. The van der Waals surface area contributed by atoms with Crippen molar-refractivity contribution >= 4 is 39.0 Å². The molecule has 232 valence electrons. The molecule has 0 spiro atoms. The van der Waals surface area contributed by atoms with Gasteiger partial charge in [0.2, 0.25) is 0 Å². The highest BCUT2D eigenvalue weighted by Crippen LogP contribution is 2.37. The lowest BCUT2D eigenvalue weighted by Crippen LogP contribution is -2.17. The number of anilines is 2. The van der Waals surface area contributed by atoms with Gasteiger partial charge in [0.05, 0.1) is 0 Å². The molecule has 2 aliphatic rings. The zero-order valence-electron chi connectivity index (χ0n) is 27.1. The molecule has 1 heterocycles. The van der Waals surface area contributed by atoms with Crippen molar-refractivity contribution in [2.45, 2.75) is 18.9 Å². The summed E-state index contributed by atoms with van der Waals surface area (Å²) in [4.78, 5) is 2.37. The van der Waals surface area contributed by atoms with Crippen LogP contribution in [0.15, 0.2) is 170 Å². The van der Waals surface area contributed by atoms with Crippen molar-refractivity contribution in [1.82, 2.24) is 5.32 Å². The average Bonchev–Trinajstić information content (AvgIpc) is 3.18. The lowest BCUT2D eigenvalue weighted by molar-refractivity contribution is 0.842. The highest BCUT2D eigenvalue weighted by atomic mass is 15.1. The summed E-state index contributed by atoms with van der Waals surface area (Å²) < 4.78 is 0. The van der Waals surface area contributed by atoms with Crippen molar-refractivity contribution in [1.29, 1.82) is 0 Å². The van der Waals surface area contributed by atoms with E-state index >= 15 is 0 Å². The average molecular weight is 627 g/mol. The third-order valence-corrected chi connectivity index (χ3v) is 9.83. The number of nitrogens with zero attached hydrogens (tertiary/aromatic N) is 1. The molecule has 1 N–H and O–H groups in total. The lowest BCUT2D eigenvalue weighted by atomic mass is 9.91. The summed E-state index contributed by atoms with van der Waals surface area (Å²) in [5.74, 6) is 0.262. The second-order valence-electron chi connectivity index (χ2n) is 12.9. The summed E-state index contributed by atoms with van der Waals surface area (Å²) in [6.07, 6.45) is 12.0. The van der Waals surface area contributed by atoms with E-state index in [0.29, 0.717) is 0 Å². The van der Waals surface area contributed by atoms with Crippen LogP contribution >= 0.6 is 0 Å². The highest BCUT2D eigenvalue weighted by molar-refractivity contribution is 5.88. The minimum Gasteiger partial charge on any atom is -0.387 e. The van der Waals surface area contributed by atoms with Crippen LogP contribution in [0.4, 0.5) is 11.4 Å². The van der Waals surface area contributed by atoms with Crippen LogP contribution in [0.25, 0.3) is 49.9 Å². The van der Waals surface area contributed by atoms with Gasteiger partial charge in [0.1, 0.15) is 0 Å². The molecule has 9 rings (SSSR count). The molecule has 0 aromatic heterocycles. The van der Waals surface area contributed by atoms with E-state index < -0.39 is 0 Å². The highest BCUT2D eigenvalue weighted by Gasteiger charge is 2.19. The Labute approximate surface area is 288 Å². The Morgan fingerprint density at radius 3 is 2.00 bits per heavy atom. The van der Waals surface area contributed by atoms with Gasteiger partial charge in [-0.2, -0.15) is 0 Å². The van der Waals surface area contributed by atoms with E-state index in [9.17, 15) is 0 Å². The van der Waals surface area contributed by atoms with Gasteiger partial charge in [-0.1, -0.05) is 115 Å². The first-order chi connectivity index (χ1) is 24.2. The number of allylic oxidation sites excluding steroid dienone is 3. The molecular weight excluding hydrogens is 593 g/mol. The molecule has 0 fully saturated rings. The van der Waals surface area contributed by atoms with Gasteiger partial charge in [0.25, 0.3) is 0 Å². The van der Waals surface area contributed by atoms with Crippen molar-refractivity contribution in [2.75, 3.05) is 4.90 Å². The van der Waals surface area contributed by atoms with Crippen LogP contribution in [0.1, 0.15) is 29.0 Å². The van der Waals surface area contributed by atoms with Gasteiger partial charge < -0.3 is 10.2 Å². The molecule has 1 aliphatic carbocycles. The molecule has 0 amide bonds. The van der Waals surface area contributed by atoms with Crippen LogP contribution in [0.5, 0.6) is 0 Å². The number of hydrogen-bond donors (Lipinski definition) is 1. The van der Waals surface area contributed by atoms with Gasteiger partial charge in [0, 0.05) is 40.5 Å². The molecule has 2 heteroatoms. The van der Waals surface area contributed by atoms with Crippen LogP contribution < -0.4 is 10.2 Å². The molecule has 1 atom stereocenters. The van der Waals surface area contributed by atoms with E-state index in [-0.39, 0.29) is 5.92 Å². The fraction of sp³-hybridized carbons (Fsp3) is 0.0638. The van der Waals surface area contributed by atoms with Gasteiger partial charge in [-0.05, 0) is 123 Å². The number of hydrogen-bond acceptors (Lipinski definition) is 2.